The first-order valence-electron chi connectivity index (χ1n) is 13.5. The molecular weight excluding hydrogens is 524 g/mol. The van der Waals surface area contributed by atoms with E-state index in [0.717, 1.165) is 25.7 Å². The van der Waals surface area contributed by atoms with Crippen molar-refractivity contribution in [2.75, 3.05) is 11.9 Å². The lowest BCUT2D eigenvalue weighted by Gasteiger charge is -2.23. The van der Waals surface area contributed by atoms with Gasteiger partial charge in [0.05, 0.1) is 29.6 Å². The highest BCUT2D eigenvalue weighted by Gasteiger charge is 2.21. The summed E-state index contributed by atoms with van der Waals surface area (Å²) in [7, 11) is 0. The third kappa shape index (κ3) is 8.25. The lowest BCUT2D eigenvalue weighted by molar-refractivity contribution is -0.136. The number of ether oxygens (including phenoxy) is 2. The molecule has 0 saturated heterocycles. The van der Waals surface area contributed by atoms with E-state index < -0.39 is 17.8 Å². The van der Waals surface area contributed by atoms with Gasteiger partial charge in [0.2, 0.25) is 0 Å². The molecule has 1 saturated carbocycles. The van der Waals surface area contributed by atoms with Crippen LogP contribution in [0.2, 0.25) is 0 Å². The second-order valence-corrected chi connectivity index (χ2v) is 9.40. The summed E-state index contributed by atoms with van der Waals surface area (Å²) in [6.45, 7) is 2.12. The smallest absolute Gasteiger partial charge is 0.343 e. The number of amides is 3. The van der Waals surface area contributed by atoms with Crippen molar-refractivity contribution in [3.8, 4) is 11.5 Å². The normalized spacial score (nSPS) is 13.3. The number of carbonyl (C=O) groups is 4. The van der Waals surface area contributed by atoms with Gasteiger partial charge in [0, 0.05) is 6.04 Å². The maximum absolute atomic E-state index is 12.8. The molecule has 3 amide bonds. The first kappa shape index (κ1) is 29.0. The number of esters is 1. The summed E-state index contributed by atoms with van der Waals surface area (Å²) in [4.78, 5) is 50.2. The van der Waals surface area contributed by atoms with Crippen LogP contribution in [0.5, 0.6) is 11.5 Å². The Morgan fingerprint density at radius 2 is 1.61 bits per heavy atom. The van der Waals surface area contributed by atoms with Crippen LogP contribution in [0.4, 0.5) is 5.69 Å². The van der Waals surface area contributed by atoms with Crippen LogP contribution in [0.15, 0.2) is 77.9 Å². The molecule has 4 rings (SSSR count). The fraction of sp³-hybridized carbons (Fsp3) is 0.258. The second kappa shape index (κ2) is 14.4. The molecule has 3 N–H and O–H groups in total. The van der Waals surface area contributed by atoms with E-state index in [2.05, 4.69) is 21.2 Å². The molecule has 212 valence electrons. The fourth-order valence-electron chi connectivity index (χ4n) is 4.39. The van der Waals surface area contributed by atoms with E-state index in [9.17, 15) is 19.2 Å². The van der Waals surface area contributed by atoms with Gasteiger partial charge in [-0.25, -0.2) is 10.2 Å². The summed E-state index contributed by atoms with van der Waals surface area (Å²) in [5, 5.41) is 9.35. The quantitative estimate of drug-likeness (QED) is 0.117. The van der Waals surface area contributed by atoms with Crippen molar-refractivity contribution >= 4 is 35.6 Å². The zero-order chi connectivity index (χ0) is 29.0. The molecule has 1 aliphatic carbocycles. The third-order valence-corrected chi connectivity index (χ3v) is 6.43. The number of rotatable bonds is 9. The molecule has 3 aromatic carbocycles. The van der Waals surface area contributed by atoms with Crippen LogP contribution in [0, 0.1) is 0 Å². The summed E-state index contributed by atoms with van der Waals surface area (Å²) in [5.74, 6) is -2.27. The van der Waals surface area contributed by atoms with Crippen molar-refractivity contribution in [2.45, 2.75) is 45.1 Å². The third-order valence-electron chi connectivity index (χ3n) is 6.43. The van der Waals surface area contributed by atoms with E-state index in [-0.39, 0.29) is 28.9 Å². The Bertz CT molecular complexity index is 1420. The van der Waals surface area contributed by atoms with Crippen molar-refractivity contribution < 1.29 is 28.7 Å². The van der Waals surface area contributed by atoms with Gasteiger partial charge in [-0.05, 0) is 67.8 Å². The number of hydrogen-bond donors (Lipinski definition) is 3. The highest BCUT2D eigenvalue weighted by molar-refractivity contribution is 6.40. The van der Waals surface area contributed by atoms with E-state index >= 15 is 0 Å². The number of hydrogen-bond acceptors (Lipinski definition) is 7. The Labute approximate surface area is 238 Å². The number of anilines is 1. The Morgan fingerprint density at radius 1 is 0.878 bits per heavy atom. The lowest BCUT2D eigenvalue weighted by Crippen LogP contribution is -2.37. The van der Waals surface area contributed by atoms with E-state index in [1.807, 2.05) is 0 Å². The van der Waals surface area contributed by atoms with Crippen LogP contribution in [-0.4, -0.2) is 42.6 Å². The predicted molar refractivity (Wildman–Crippen MR) is 154 cm³/mol. The molecule has 0 unspecified atom stereocenters. The minimum absolute atomic E-state index is 0.103. The van der Waals surface area contributed by atoms with Crippen LogP contribution in [0.3, 0.4) is 0 Å². The van der Waals surface area contributed by atoms with Gasteiger partial charge in [-0.3, -0.25) is 14.4 Å². The van der Waals surface area contributed by atoms with Gasteiger partial charge in [0.25, 0.3) is 5.91 Å². The molecule has 1 fully saturated rings. The Hall–Kier alpha value is -4.99. The molecule has 0 heterocycles. The lowest BCUT2D eigenvalue weighted by atomic mass is 9.95. The fourth-order valence-corrected chi connectivity index (χ4v) is 4.39. The standard InChI is InChI=1S/C31H32N4O6/c1-2-40-27-19-21(17-18-26(27)41-31(39)22-11-5-3-6-12-22)20-32-35-30(38)29(37)34-25-16-10-9-15-24(25)28(36)33-23-13-7-4-8-14-23/h3,5-6,9-12,15-20,23H,2,4,7-8,13-14H2,1H3,(H,33,36)(H,34,37)(H,35,38)/b32-20+. The van der Waals surface area contributed by atoms with Gasteiger partial charge in [-0.1, -0.05) is 49.6 Å². The Morgan fingerprint density at radius 3 is 2.37 bits per heavy atom. The van der Waals surface area contributed by atoms with Crippen molar-refractivity contribution in [1.29, 1.82) is 0 Å². The van der Waals surface area contributed by atoms with Gasteiger partial charge >= 0.3 is 17.8 Å². The van der Waals surface area contributed by atoms with Gasteiger partial charge in [0.15, 0.2) is 11.5 Å². The van der Waals surface area contributed by atoms with Crippen molar-refractivity contribution in [3.05, 3.63) is 89.5 Å². The maximum Gasteiger partial charge on any atom is 0.343 e. The minimum atomic E-state index is -1.01. The van der Waals surface area contributed by atoms with Crippen LogP contribution in [0.1, 0.15) is 65.3 Å². The molecule has 0 aromatic heterocycles. The highest BCUT2D eigenvalue weighted by atomic mass is 16.6. The average molecular weight is 557 g/mol. The molecular formula is C31H32N4O6. The summed E-state index contributed by atoms with van der Waals surface area (Å²) < 4.78 is 11.1. The van der Waals surface area contributed by atoms with Gasteiger partial charge < -0.3 is 20.1 Å². The molecule has 1 aliphatic rings. The van der Waals surface area contributed by atoms with Gasteiger partial charge in [-0.2, -0.15) is 5.10 Å². The number of carbonyl (C=O) groups excluding carboxylic acids is 4. The molecule has 0 radical (unpaired) electrons. The van der Waals surface area contributed by atoms with Gasteiger partial charge in [0.1, 0.15) is 0 Å². The van der Waals surface area contributed by atoms with E-state index in [4.69, 9.17) is 9.47 Å². The SMILES string of the molecule is CCOc1cc(/C=N/NC(=O)C(=O)Nc2ccccc2C(=O)NC2CCCCC2)ccc1OC(=O)c1ccccc1. The number of nitrogens with zero attached hydrogens (tertiary/aromatic N) is 1. The maximum atomic E-state index is 12.8. The molecule has 0 bridgehead atoms. The zero-order valence-electron chi connectivity index (χ0n) is 22.7. The van der Waals surface area contributed by atoms with E-state index in [1.165, 1.54) is 12.6 Å². The Balaban J connectivity index is 1.35. The topological polar surface area (TPSA) is 135 Å². The zero-order valence-corrected chi connectivity index (χ0v) is 22.7. The number of benzene rings is 3. The minimum Gasteiger partial charge on any atom is -0.490 e. The molecule has 0 spiro atoms. The van der Waals surface area contributed by atoms with Crippen molar-refractivity contribution in [2.24, 2.45) is 5.10 Å². The van der Waals surface area contributed by atoms with E-state index in [0.29, 0.717) is 23.5 Å². The number of nitrogens with one attached hydrogen (secondary N) is 3. The number of para-hydroxylation sites is 1. The summed E-state index contributed by atoms with van der Waals surface area (Å²) in [6, 6.07) is 20.0. The molecule has 10 nitrogen and oxygen atoms in total. The monoisotopic (exact) mass is 556 g/mol. The van der Waals surface area contributed by atoms with Crippen LogP contribution in [-0.2, 0) is 9.59 Å². The summed E-state index contributed by atoms with van der Waals surface area (Å²) in [5.41, 5.74) is 3.61. The van der Waals surface area contributed by atoms with Crippen LogP contribution in [0.25, 0.3) is 0 Å². The van der Waals surface area contributed by atoms with Gasteiger partial charge in [-0.15, -0.1) is 0 Å². The predicted octanol–water partition coefficient (Wildman–Crippen LogP) is 4.46. The first-order chi connectivity index (χ1) is 19.9. The van der Waals surface area contributed by atoms with Crippen molar-refractivity contribution in [1.82, 2.24) is 10.7 Å². The first-order valence-corrected chi connectivity index (χ1v) is 13.5. The largest absolute Gasteiger partial charge is 0.490 e. The summed E-state index contributed by atoms with van der Waals surface area (Å²) in [6.07, 6.45) is 6.48. The highest BCUT2D eigenvalue weighted by Crippen LogP contribution is 2.29. The molecule has 3 aromatic rings. The average Bonchev–Trinajstić information content (AvgIpc) is 2.99. The van der Waals surface area contributed by atoms with Crippen LogP contribution < -0.4 is 25.5 Å². The molecule has 0 aliphatic heterocycles. The molecule has 0 atom stereocenters. The van der Waals surface area contributed by atoms with Crippen LogP contribution >= 0.6 is 0 Å². The second-order valence-electron chi connectivity index (χ2n) is 9.40. The summed E-state index contributed by atoms with van der Waals surface area (Å²) >= 11 is 0. The molecule has 41 heavy (non-hydrogen) atoms. The van der Waals surface area contributed by atoms with Crippen molar-refractivity contribution in [3.63, 3.8) is 0 Å². The number of hydrazone groups is 1. The Kier molecular flexibility index (Phi) is 10.2. The van der Waals surface area contributed by atoms with E-state index in [1.54, 1.807) is 79.7 Å². The molecule has 10 heteroatoms.